The number of carbonyl (C=O) groups is 1. The summed E-state index contributed by atoms with van der Waals surface area (Å²) in [5.41, 5.74) is 6.22. The first kappa shape index (κ1) is 11.0. The van der Waals surface area contributed by atoms with Crippen LogP contribution in [0.1, 0.15) is 10.4 Å². The number of anilines is 1. The number of aromatic nitrogens is 1. The van der Waals surface area contributed by atoms with Crippen molar-refractivity contribution in [3.8, 4) is 0 Å². The van der Waals surface area contributed by atoms with Crippen LogP contribution in [0.15, 0.2) is 18.3 Å². The van der Waals surface area contributed by atoms with Gasteiger partial charge in [0.25, 0.3) is 0 Å². The Morgan fingerprint density at radius 1 is 1.38 bits per heavy atom. The predicted molar refractivity (Wildman–Crippen MR) is 63.1 cm³/mol. The molecule has 0 aliphatic heterocycles. The first-order valence-electron chi connectivity index (χ1n) is 4.27. The Hall–Kier alpha value is -1.52. The Kier molecular flexibility index (Phi) is 2.61. The molecule has 2 rings (SSSR count). The van der Waals surface area contributed by atoms with Gasteiger partial charge in [-0.05, 0) is 12.1 Å². The van der Waals surface area contributed by atoms with E-state index < -0.39 is 5.97 Å². The fourth-order valence-corrected chi connectivity index (χ4v) is 2.02. The average Bonchev–Trinajstić information content (AvgIpc) is 2.15. The first-order valence-corrected chi connectivity index (χ1v) is 5.03. The number of aromatic carboxylic acids is 1. The standard InChI is InChI=1S/C10H6Cl2N2O2/c11-4-1-6(12)8-7(2-4)14-3-5(9(8)13)10(15)16/h1-3H,(H2,13,14)(H,15,16). The predicted octanol–water partition coefficient (Wildman–Crippen LogP) is 2.82. The van der Waals surface area contributed by atoms with E-state index in [0.717, 1.165) is 0 Å². The molecule has 0 unspecified atom stereocenters. The van der Waals surface area contributed by atoms with Gasteiger partial charge in [-0.1, -0.05) is 23.2 Å². The quantitative estimate of drug-likeness (QED) is 0.823. The van der Waals surface area contributed by atoms with Crippen molar-refractivity contribution in [3.63, 3.8) is 0 Å². The molecule has 0 bridgehead atoms. The van der Waals surface area contributed by atoms with Crippen molar-refractivity contribution >= 4 is 45.8 Å². The maximum Gasteiger partial charge on any atom is 0.339 e. The molecule has 0 aliphatic carbocycles. The second kappa shape index (κ2) is 3.81. The van der Waals surface area contributed by atoms with Gasteiger partial charge in [0, 0.05) is 16.6 Å². The second-order valence-electron chi connectivity index (χ2n) is 3.17. The van der Waals surface area contributed by atoms with Crippen LogP contribution in [-0.4, -0.2) is 16.1 Å². The van der Waals surface area contributed by atoms with Gasteiger partial charge in [-0.25, -0.2) is 4.79 Å². The number of carboxylic acid groups (broad SMARTS) is 1. The number of nitrogens with two attached hydrogens (primary N) is 1. The highest BCUT2D eigenvalue weighted by Gasteiger charge is 2.14. The molecule has 1 aromatic heterocycles. The number of rotatable bonds is 1. The van der Waals surface area contributed by atoms with Gasteiger partial charge < -0.3 is 10.8 Å². The van der Waals surface area contributed by atoms with E-state index in [9.17, 15) is 4.79 Å². The largest absolute Gasteiger partial charge is 0.478 e. The van der Waals surface area contributed by atoms with Crippen molar-refractivity contribution in [1.29, 1.82) is 0 Å². The Labute approximate surface area is 101 Å². The fraction of sp³-hybridized carbons (Fsp3) is 0. The lowest BCUT2D eigenvalue weighted by Gasteiger charge is -2.07. The zero-order valence-electron chi connectivity index (χ0n) is 7.87. The number of pyridine rings is 1. The Morgan fingerprint density at radius 3 is 2.69 bits per heavy atom. The molecule has 16 heavy (non-hydrogen) atoms. The fourth-order valence-electron chi connectivity index (χ4n) is 1.44. The van der Waals surface area contributed by atoms with E-state index >= 15 is 0 Å². The third-order valence-corrected chi connectivity index (χ3v) is 2.67. The smallest absolute Gasteiger partial charge is 0.339 e. The molecule has 0 aliphatic rings. The molecule has 0 amide bonds. The molecule has 0 fully saturated rings. The van der Waals surface area contributed by atoms with Crippen LogP contribution in [0.4, 0.5) is 5.69 Å². The van der Waals surface area contributed by atoms with Crippen molar-refractivity contribution in [2.75, 3.05) is 5.73 Å². The molecule has 1 heterocycles. The number of hydrogen-bond acceptors (Lipinski definition) is 3. The average molecular weight is 257 g/mol. The summed E-state index contributed by atoms with van der Waals surface area (Å²) in [7, 11) is 0. The van der Waals surface area contributed by atoms with Crippen molar-refractivity contribution < 1.29 is 9.90 Å². The molecule has 1 aromatic carbocycles. The van der Waals surface area contributed by atoms with Gasteiger partial charge in [-0.2, -0.15) is 0 Å². The molecule has 0 spiro atoms. The summed E-state index contributed by atoms with van der Waals surface area (Å²) < 4.78 is 0. The lowest BCUT2D eigenvalue weighted by molar-refractivity contribution is 0.0698. The first-order chi connectivity index (χ1) is 7.50. The van der Waals surface area contributed by atoms with Gasteiger partial charge >= 0.3 is 5.97 Å². The summed E-state index contributed by atoms with van der Waals surface area (Å²) in [6, 6.07) is 3.07. The Morgan fingerprint density at radius 2 is 2.06 bits per heavy atom. The van der Waals surface area contributed by atoms with Crippen LogP contribution in [-0.2, 0) is 0 Å². The number of carboxylic acids is 1. The normalized spacial score (nSPS) is 10.6. The molecule has 2 aromatic rings. The number of benzene rings is 1. The van der Waals surface area contributed by atoms with Gasteiger partial charge in [-0.15, -0.1) is 0 Å². The minimum Gasteiger partial charge on any atom is -0.478 e. The zero-order valence-corrected chi connectivity index (χ0v) is 9.38. The topological polar surface area (TPSA) is 76.2 Å². The summed E-state index contributed by atoms with van der Waals surface area (Å²) in [6.45, 7) is 0. The number of nitrogens with zero attached hydrogens (tertiary/aromatic N) is 1. The molecule has 3 N–H and O–H groups in total. The molecule has 0 saturated carbocycles. The molecule has 0 radical (unpaired) electrons. The molecule has 0 saturated heterocycles. The highest BCUT2D eigenvalue weighted by molar-refractivity contribution is 6.39. The van der Waals surface area contributed by atoms with Crippen LogP contribution >= 0.6 is 23.2 Å². The van der Waals surface area contributed by atoms with Gasteiger partial charge in [0.15, 0.2) is 0 Å². The van der Waals surface area contributed by atoms with Crippen LogP contribution in [0.2, 0.25) is 10.0 Å². The van der Waals surface area contributed by atoms with E-state index in [2.05, 4.69) is 4.98 Å². The van der Waals surface area contributed by atoms with E-state index in [-0.39, 0.29) is 16.3 Å². The van der Waals surface area contributed by atoms with E-state index in [1.165, 1.54) is 12.3 Å². The monoisotopic (exact) mass is 256 g/mol. The highest BCUT2D eigenvalue weighted by Crippen LogP contribution is 2.32. The second-order valence-corrected chi connectivity index (χ2v) is 4.02. The summed E-state index contributed by atoms with van der Waals surface area (Å²) in [4.78, 5) is 14.8. The summed E-state index contributed by atoms with van der Waals surface area (Å²) in [5, 5.41) is 10.0. The van der Waals surface area contributed by atoms with E-state index in [1.54, 1.807) is 6.07 Å². The van der Waals surface area contributed by atoms with Crippen molar-refractivity contribution in [3.05, 3.63) is 33.9 Å². The Balaban J connectivity index is 2.89. The molecular formula is C10H6Cl2N2O2. The van der Waals surface area contributed by atoms with Crippen LogP contribution in [0.5, 0.6) is 0 Å². The number of fused-ring (bicyclic) bond motifs is 1. The SMILES string of the molecule is Nc1c(C(=O)O)cnc2cc(Cl)cc(Cl)c12. The van der Waals surface area contributed by atoms with E-state index in [1.807, 2.05) is 0 Å². The molecule has 0 atom stereocenters. The summed E-state index contributed by atoms with van der Waals surface area (Å²) >= 11 is 11.7. The number of hydrogen-bond donors (Lipinski definition) is 2. The summed E-state index contributed by atoms with van der Waals surface area (Å²) in [5.74, 6) is -1.14. The lowest BCUT2D eigenvalue weighted by atomic mass is 10.1. The van der Waals surface area contributed by atoms with E-state index in [4.69, 9.17) is 34.0 Å². The van der Waals surface area contributed by atoms with Gasteiger partial charge in [0.05, 0.1) is 16.2 Å². The van der Waals surface area contributed by atoms with Gasteiger partial charge in [0.1, 0.15) is 5.56 Å². The van der Waals surface area contributed by atoms with Crippen LogP contribution in [0.25, 0.3) is 10.9 Å². The summed E-state index contributed by atoms with van der Waals surface area (Å²) in [6.07, 6.45) is 1.19. The number of halogens is 2. The maximum absolute atomic E-state index is 10.9. The van der Waals surface area contributed by atoms with Crippen LogP contribution < -0.4 is 5.73 Å². The van der Waals surface area contributed by atoms with Gasteiger partial charge in [-0.3, -0.25) is 4.98 Å². The third kappa shape index (κ3) is 1.66. The van der Waals surface area contributed by atoms with Crippen molar-refractivity contribution in [2.45, 2.75) is 0 Å². The van der Waals surface area contributed by atoms with E-state index in [0.29, 0.717) is 15.9 Å². The highest BCUT2D eigenvalue weighted by atomic mass is 35.5. The molecule has 82 valence electrons. The van der Waals surface area contributed by atoms with Crippen LogP contribution in [0.3, 0.4) is 0 Å². The molecule has 6 heteroatoms. The Bertz CT molecular complexity index is 599. The maximum atomic E-state index is 10.9. The number of nitrogen functional groups attached to an aromatic ring is 1. The van der Waals surface area contributed by atoms with Crippen LogP contribution in [0, 0.1) is 0 Å². The molecular weight excluding hydrogens is 251 g/mol. The molecule has 4 nitrogen and oxygen atoms in total. The van der Waals surface area contributed by atoms with Crippen molar-refractivity contribution in [2.24, 2.45) is 0 Å². The van der Waals surface area contributed by atoms with Gasteiger partial charge in [0.2, 0.25) is 0 Å². The van der Waals surface area contributed by atoms with Crippen molar-refractivity contribution in [1.82, 2.24) is 4.98 Å². The minimum atomic E-state index is -1.14. The lowest BCUT2D eigenvalue weighted by Crippen LogP contribution is -2.04. The minimum absolute atomic E-state index is 0.0725. The zero-order chi connectivity index (χ0) is 11.9. The third-order valence-electron chi connectivity index (χ3n) is 2.16.